The normalized spacial score (nSPS) is 11.1. The van der Waals surface area contributed by atoms with Crippen molar-refractivity contribution >= 4 is 22.7 Å². The van der Waals surface area contributed by atoms with Gasteiger partial charge in [0, 0.05) is 28.3 Å². The van der Waals surface area contributed by atoms with Crippen LogP contribution in [0, 0.1) is 6.92 Å². The van der Waals surface area contributed by atoms with Crippen molar-refractivity contribution in [2.45, 2.75) is 17.9 Å². The van der Waals surface area contributed by atoms with Crippen molar-refractivity contribution in [1.29, 1.82) is 0 Å². The van der Waals surface area contributed by atoms with Gasteiger partial charge in [0.2, 0.25) is 5.89 Å². The fourth-order valence-corrected chi connectivity index (χ4v) is 3.39. The zero-order valence-electron chi connectivity index (χ0n) is 13.8. The fourth-order valence-electron chi connectivity index (χ4n) is 2.64. The Morgan fingerprint density at radius 3 is 2.69 bits per heavy atom. The minimum absolute atomic E-state index is 0.0925. The second-order valence-corrected chi connectivity index (χ2v) is 6.63. The molecule has 0 spiro atoms. The lowest BCUT2D eigenvalue weighted by Crippen LogP contribution is -2.01. The molecule has 26 heavy (non-hydrogen) atoms. The van der Waals surface area contributed by atoms with Crippen LogP contribution in [0.5, 0.6) is 5.75 Å². The molecular weight excluding hydrogens is 352 g/mol. The Bertz CT molecular complexity index is 1140. The summed E-state index contributed by atoms with van der Waals surface area (Å²) in [5.74, 6) is 1.00. The number of fused-ring (bicyclic) bond motifs is 1. The van der Waals surface area contributed by atoms with E-state index in [1.807, 2.05) is 30.3 Å². The van der Waals surface area contributed by atoms with Gasteiger partial charge in [-0.1, -0.05) is 30.0 Å². The van der Waals surface area contributed by atoms with Crippen molar-refractivity contribution < 1.29 is 13.9 Å². The predicted octanol–water partition coefficient (Wildman–Crippen LogP) is 4.15. The van der Waals surface area contributed by atoms with E-state index >= 15 is 0 Å². The monoisotopic (exact) mass is 366 g/mol. The van der Waals surface area contributed by atoms with Crippen LogP contribution in [-0.4, -0.2) is 15.3 Å². The van der Waals surface area contributed by atoms with Crippen molar-refractivity contribution in [1.82, 2.24) is 10.2 Å². The van der Waals surface area contributed by atoms with Gasteiger partial charge in [-0.3, -0.25) is 0 Å². The maximum absolute atomic E-state index is 11.9. The van der Waals surface area contributed by atoms with E-state index < -0.39 is 5.63 Å². The van der Waals surface area contributed by atoms with E-state index in [0.717, 1.165) is 16.5 Å². The van der Waals surface area contributed by atoms with Crippen LogP contribution in [0.2, 0.25) is 0 Å². The number of aromatic nitrogens is 2. The van der Waals surface area contributed by atoms with E-state index in [1.54, 1.807) is 19.1 Å². The Morgan fingerprint density at radius 1 is 1.08 bits per heavy atom. The molecule has 0 aliphatic carbocycles. The van der Waals surface area contributed by atoms with Crippen molar-refractivity contribution in [3.63, 3.8) is 0 Å². The van der Waals surface area contributed by atoms with Crippen LogP contribution >= 0.6 is 11.8 Å². The Kier molecular flexibility index (Phi) is 4.22. The molecule has 4 rings (SSSR count). The predicted molar refractivity (Wildman–Crippen MR) is 98.2 cm³/mol. The molecule has 4 aromatic rings. The third-order valence-corrected chi connectivity index (χ3v) is 4.86. The molecule has 0 amide bonds. The molecule has 0 aliphatic heterocycles. The zero-order chi connectivity index (χ0) is 18.1. The van der Waals surface area contributed by atoms with E-state index in [9.17, 15) is 9.90 Å². The molecule has 0 radical (unpaired) electrons. The van der Waals surface area contributed by atoms with Crippen LogP contribution < -0.4 is 5.63 Å². The quantitative estimate of drug-likeness (QED) is 0.429. The molecule has 0 bridgehead atoms. The Morgan fingerprint density at radius 2 is 1.88 bits per heavy atom. The van der Waals surface area contributed by atoms with Gasteiger partial charge in [-0.05, 0) is 36.8 Å². The molecule has 1 N–H and O–H groups in total. The van der Waals surface area contributed by atoms with Crippen LogP contribution in [0.3, 0.4) is 0 Å². The molecule has 0 aliphatic rings. The highest BCUT2D eigenvalue weighted by atomic mass is 32.2. The third-order valence-electron chi connectivity index (χ3n) is 4.00. The van der Waals surface area contributed by atoms with Gasteiger partial charge in [-0.2, -0.15) is 0 Å². The van der Waals surface area contributed by atoms with Gasteiger partial charge in [0.15, 0.2) is 0 Å². The van der Waals surface area contributed by atoms with Crippen molar-refractivity contribution in [2.75, 3.05) is 0 Å². The van der Waals surface area contributed by atoms with Crippen LogP contribution in [0.4, 0.5) is 0 Å². The number of benzene rings is 2. The van der Waals surface area contributed by atoms with Gasteiger partial charge >= 0.3 is 5.63 Å². The van der Waals surface area contributed by atoms with Gasteiger partial charge < -0.3 is 13.9 Å². The summed E-state index contributed by atoms with van der Waals surface area (Å²) in [5.41, 5.74) is 2.10. The van der Waals surface area contributed by atoms with E-state index in [-0.39, 0.29) is 5.75 Å². The molecule has 0 atom stereocenters. The van der Waals surface area contributed by atoms with Crippen LogP contribution in [0.25, 0.3) is 22.4 Å². The van der Waals surface area contributed by atoms with Crippen molar-refractivity contribution in [2.24, 2.45) is 0 Å². The van der Waals surface area contributed by atoms with Gasteiger partial charge in [0.1, 0.15) is 11.3 Å². The minimum atomic E-state index is -0.461. The van der Waals surface area contributed by atoms with Gasteiger partial charge in [-0.15, -0.1) is 10.2 Å². The van der Waals surface area contributed by atoms with E-state index in [0.29, 0.717) is 28.0 Å². The third kappa shape index (κ3) is 3.09. The Balaban J connectivity index is 1.62. The van der Waals surface area contributed by atoms with Crippen molar-refractivity contribution in [3.8, 4) is 17.2 Å². The Labute approximate surface area is 152 Å². The second-order valence-electron chi connectivity index (χ2n) is 5.70. The second kappa shape index (κ2) is 6.68. The number of rotatable bonds is 4. The number of aryl methyl sites for hydroxylation is 1. The summed E-state index contributed by atoms with van der Waals surface area (Å²) >= 11 is 1.34. The molecule has 130 valence electrons. The average Bonchev–Trinajstić information content (AvgIpc) is 3.13. The first-order chi connectivity index (χ1) is 12.6. The molecule has 2 heterocycles. The summed E-state index contributed by atoms with van der Waals surface area (Å²) in [6, 6.07) is 14.3. The molecular formula is C19H14N2O4S. The number of nitrogens with zero attached hydrogens (tertiary/aromatic N) is 2. The summed E-state index contributed by atoms with van der Waals surface area (Å²) in [5, 5.41) is 19.1. The fraction of sp³-hybridized carbons (Fsp3) is 0.105. The first kappa shape index (κ1) is 16.4. The summed E-state index contributed by atoms with van der Waals surface area (Å²) < 4.78 is 10.9. The molecule has 7 heteroatoms. The van der Waals surface area contributed by atoms with Gasteiger partial charge in [0.25, 0.3) is 5.22 Å². The zero-order valence-corrected chi connectivity index (χ0v) is 14.6. The number of hydrogen-bond donors (Lipinski definition) is 1. The lowest BCUT2D eigenvalue weighted by molar-refractivity contribution is 0.465. The number of phenols is 1. The standard InChI is InChI=1S/C19H14N2O4S/c1-11-15(22)8-7-14-13(9-16(23)24-17(11)14)10-26-19-21-20-18(25-19)12-5-3-2-4-6-12/h2-9,22H,10H2,1H3. The molecule has 2 aromatic carbocycles. The maximum atomic E-state index is 11.9. The maximum Gasteiger partial charge on any atom is 0.336 e. The van der Waals surface area contributed by atoms with E-state index in [4.69, 9.17) is 8.83 Å². The highest BCUT2D eigenvalue weighted by molar-refractivity contribution is 7.98. The molecule has 0 saturated carbocycles. The van der Waals surface area contributed by atoms with Gasteiger partial charge in [0.05, 0.1) is 0 Å². The smallest absolute Gasteiger partial charge is 0.336 e. The number of hydrogen-bond acceptors (Lipinski definition) is 7. The summed E-state index contributed by atoms with van der Waals surface area (Å²) in [7, 11) is 0. The summed E-state index contributed by atoms with van der Waals surface area (Å²) in [6.07, 6.45) is 0. The molecule has 0 saturated heterocycles. The number of thioether (sulfide) groups is 1. The summed E-state index contributed by atoms with van der Waals surface area (Å²) in [6.45, 7) is 1.71. The van der Waals surface area contributed by atoms with E-state index in [2.05, 4.69) is 10.2 Å². The lowest BCUT2D eigenvalue weighted by atomic mass is 10.1. The van der Waals surface area contributed by atoms with Crippen LogP contribution in [0.15, 0.2) is 67.4 Å². The molecule has 0 fully saturated rings. The largest absolute Gasteiger partial charge is 0.508 e. The SMILES string of the molecule is Cc1c(O)ccc2c(CSc3nnc(-c4ccccc4)o3)cc(=O)oc12. The molecule has 6 nitrogen and oxygen atoms in total. The summed E-state index contributed by atoms with van der Waals surface area (Å²) in [4.78, 5) is 11.9. The molecule has 0 unspecified atom stereocenters. The number of phenolic OH excluding ortho intramolecular Hbond substituents is 1. The van der Waals surface area contributed by atoms with Crippen LogP contribution in [-0.2, 0) is 5.75 Å². The highest BCUT2D eigenvalue weighted by Crippen LogP contribution is 2.31. The lowest BCUT2D eigenvalue weighted by Gasteiger charge is -2.07. The average molecular weight is 366 g/mol. The topological polar surface area (TPSA) is 89.4 Å². The first-order valence-electron chi connectivity index (χ1n) is 7.89. The van der Waals surface area contributed by atoms with Crippen molar-refractivity contribution in [3.05, 3.63) is 70.1 Å². The number of aromatic hydroxyl groups is 1. The first-order valence-corrected chi connectivity index (χ1v) is 8.87. The highest BCUT2D eigenvalue weighted by Gasteiger charge is 2.13. The molecule has 2 aromatic heterocycles. The minimum Gasteiger partial charge on any atom is -0.508 e. The Hall–Kier alpha value is -3.06. The van der Waals surface area contributed by atoms with Gasteiger partial charge in [-0.25, -0.2) is 4.79 Å². The van der Waals surface area contributed by atoms with E-state index in [1.165, 1.54) is 17.8 Å². The van der Waals surface area contributed by atoms with Crippen LogP contribution in [0.1, 0.15) is 11.1 Å².